The highest BCUT2D eigenvalue weighted by atomic mass is 32.2. The van der Waals surface area contributed by atoms with E-state index in [2.05, 4.69) is 20.3 Å². The largest absolute Gasteiger partial charge is 0.384 e. The van der Waals surface area contributed by atoms with E-state index in [0.29, 0.717) is 22.4 Å². The van der Waals surface area contributed by atoms with Crippen molar-refractivity contribution in [2.24, 2.45) is 0 Å². The first-order valence-corrected chi connectivity index (χ1v) is 11.9. The summed E-state index contributed by atoms with van der Waals surface area (Å²) < 4.78 is 68.6. The van der Waals surface area contributed by atoms with Crippen molar-refractivity contribution in [1.82, 2.24) is 15.0 Å². The smallest absolute Gasteiger partial charge is 0.303 e. The number of nitrogens with zero attached hydrogens (tertiary/aromatic N) is 3. The third-order valence-corrected chi connectivity index (χ3v) is 6.25. The van der Waals surface area contributed by atoms with Crippen LogP contribution in [-0.4, -0.2) is 40.3 Å². The number of hydrogen-bond acceptors (Lipinski definition) is 7. The normalized spacial score (nSPS) is 13.9. The number of fused-ring (bicyclic) bond motifs is 1. The molecule has 0 bridgehead atoms. The lowest BCUT2D eigenvalue weighted by Crippen LogP contribution is -2.41. The zero-order valence-electron chi connectivity index (χ0n) is 19.0. The monoisotopic (exact) mass is 482 g/mol. The molecule has 11 heteroatoms. The van der Waals surface area contributed by atoms with Gasteiger partial charge in [-0.1, -0.05) is 12.1 Å². The van der Waals surface area contributed by atoms with E-state index >= 15 is 4.39 Å². The number of sulfone groups is 1. The maximum atomic E-state index is 15.2. The van der Waals surface area contributed by atoms with Crippen molar-refractivity contribution in [3.05, 3.63) is 52.7 Å². The van der Waals surface area contributed by atoms with E-state index < -0.39 is 38.8 Å². The fourth-order valence-corrected chi connectivity index (χ4v) is 4.04. The first-order valence-electron chi connectivity index (χ1n) is 10.1. The van der Waals surface area contributed by atoms with Crippen LogP contribution in [0.3, 0.4) is 0 Å². The molecule has 3 aromatic rings. The van der Waals surface area contributed by atoms with Crippen molar-refractivity contribution < 1.29 is 26.7 Å². The first kappa shape index (κ1) is 24.8. The van der Waals surface area contributed by atoms with Crippen LogP contribution in [0.2, 0.25) is 0 Å². The van der Waals surface area contributed by atoms with Crippen molar-refractivity contribution in [2.45, 2.75) is 57.2 Å². The highest BCUT2D eigenvalue weighted by Gasteiger charge is 2.49. The molecule has 0 unspecified atom stereocenters. The van der Waals surface area contributed by atoms with Crippen LogP contribution in [-0.2, 0) is 15.8 Å². The molecule has 1 atom stereocenters. The van der Waals surface area contributed by atoms with E-state index in [1.54, 1.807) is 20.8 Å². The SMILES string of the molecule is Cc1nc(N[C@H](C)c2cccc(C(F)(F)C(C)(C)O)c2F)c2cc(S(C)(=O)=O)nc(C)c2n1. The van der Waals surface area contributed by atoms with E-state index in [1.807, 2.05) is 0 Å². The molecule has 0 radical (unpaired) electrons. The van der Waals surface area contributed by atoms with Crippen LogP contribution in [0, 0.1) is 19.7 Å². The van der Waals surface area contributed by atoms with Crippen LogP contribution in [0.4, 0.5) is 19.0 Å². The number of alkyl halides is 2. The fourth-order valence-electron chi connectivity index (χ4n) is 3.41. The molecule has 3 rings (SSSR count). The summed E-state index contributed by atoms with van der Waals surface area (Å²) in [7, 11) is -3.63. The van der Waals surface area contributed by atoms with E-state index in [4.69, 9.17) is 0 Å². The molecule has 0 amide bonds. The number of anilines is 1. The number of pyridine rings is 1. The van der Waals surface area contributed by atoms with Gasteiger partial charge in [0.05, 0.1) is 22.8 Å². The number of benzene rings is 1. The van der Waals surface area contributed by atoms with E-state index in [9.17, 15) is 22.3 Å². The Morgan fingerprint density at radius 1 is 1.12 bits per heavy atom. The molecule has 2 N–H and O–H groups in total. The highest BCUT2D eigenvalue weighted by Crippen LogP contribution is 2.41. The molecular formula is C22H25F3N4O3S. The molecule has 7 nitrogen and oxygen atoms in total. The second kappa shape index (κ2) is 8.21. The van der Waals surface area contributed by atoms with Crippen LogP contribution < -0.4 is 5.32 Å². The number of aliphatic hydroxyl groups is 1. The number of aryl methyl sites for hydroxylation is 2. The Labute approximate surface area is 190 Å². The molecule has 178 valence electrons. The number of rotatable bonds is 6. The Hall–Kier alpha value is -2.79. The molecule has 0 saturated carbocycles. The predicted molar refractivity (Wildman–Crippen MR) is 119 cm³/mol. The van der Waals surface area contributed by atoms with Gasteiger partial charge in [0, 0.05) is 17.2 Å². The number of halogens is 3. The summed E-state index contributed by atoms with van der Waals surface area (Å²) in [5.41, 5.74) is -2.70. The van der Waals surface area contributed by atoms with Gasteiger partial charge in [-0.05, 0) is 46.8 Å². The van der Waals surface area contributed by atoms with Crippen LogP contribution in [0.1, 0.15) is 49.5 Å². The highest BCUT2D eigenvalue weighted by molar-refractivity contribution is 7.90. The summed E-state index contributed by atoms with van der Waals surface area (Å²) in [5.74, 6) is -4.43. The van der Waals surface area contributed by atoms with E-state index in [-0.39, 0.29) is 16.4 Å². The third kappa shape index (κ3) is 4.65. The second-order valence-corrected chi connectivity index (χ2v) is 10.5. The zero-order chi connectivity index (χ0) is 24.9. The molecule has 0 fully saturated rings. The molecule has 0 aliphatic rings. The number of nitrogens with one attached hydrogen (secondary N) is 1. The van der Waals surface area contributed by atoms with Crippen molar-refractivity contribution in [3.63, 3.8) is 0 Å². The van der Waals surface area contributed by atoms with Gasteiger partial charge < -0.3 is 10.4 Å². The van der Waals surface area contributed by atoms with Gasteiger partial charge in [0.15, 0.2) is 14.9 Å². The molecule has 0 spiro atoms. The van der Waals surface area contributed by atoms with Crippen molar-refractivity contribution in [2.75, 3.05) is 11.6 Å². The first-order chi connectivity index (χ1) is 15.0. The van der Waals surface area contributed by atoms with Gasteiger partial charge >= 0.3 is 5.92 Å². The zero-order valence-corrected chi connectivity index (χ0v) is 19.9. The summed E-state index contributed by atoms with van der Waals surface area (Å²) in [6.45, 7) is 6.61. The molecule has 1 aromatic carbocycles. The van der Waals surface area contributed by atoms with Gasteiger partial charge in [0.1, 0.15) is 23.1 Å². The summed E-state index contributed by atoms with van der Waals surface area (Å²) in [6, 6.07) is 4.05. The topological polar surface area (TPSA) is 105 Å². The number of hydrogen-bond donors (Lipinski definition) is 2. The molecule has 2 aromatic heterocycles. The lowest BCUT2D eigenvalue weighted by Gasteiger charge is -2.30. The Balaban J connectivity index is 2.12. The predicted octanol–water partition coefficient (Wildman–Crippen LogP) is 4.22. The summed E-state index contributed by atoms with van der Waals surface area (Å²) >= 11 is 0. The van der Waals surface area contributed by atoms with Gasteiger partial charge in [-0.3, -0.25) is 0 Å². The van der Waals surface area contributed by atoms with Crippen LogP contribution >= 0.6 is 0 Å². The Morgan fingerprint density at radius 3 is 2.33 bits per heavy atom. The summed E-state index contributed by atoms with van der Waals surface area (Å²) in [6.07, 6.45) is 1.02. The molecule has 33 heavy (non-hydrogen) atoms. The van der Waals surface area contributed by atoms with Gasteiger partial charge in [-0.15, -0.1) is 0 Å². The lowest BCUT2D eigenvalue weighted by atomic mass is 9.91. The van der Waals surface area contributed by atoms with Crippen molar-refractivity contribution >= 4 is 26.6 Å². The minimum Gasteiger partial charge on any atom is -0.384 e. The minimum absolute atomic E-state index is 0.0741. The maximum absolute atomic E-state index is 15.2. The summed E-state index contributed by atoms with van der Waals surface area (Å²) in [4.78, 5) is 12.7. The van der Waals surface area contributed by atoms with E-state index in [1.165, 1.54) is 18.2 Å². The Morgan fingerprint density at radius 2 is 1.76 bits per heavy atom. The molecule has 0 aliphatic carbocycles. The standard InChI is InChI=1S/C22H25F3N4O3S/c1-11(14-8-7-9-16(18(14)23)22(24,25)21(4,5)30)27-20-15-10-17(33(6,31)32)26-12(2)19(15)28-13(3)29-20/h7-11,30H,1-6H3,(H,27,28,29)/t11-/m1/s1. The van der Waals surface area contributed by atoms with Gasteiger partial charge in [0.25, 0.3) is 0 Å². The average Bonchev–Trinajstić information content (AvgIpc) is 2.66. The van der Waals surface area contributed by atoms with Gasteiger partial charge in [-0.2, -0.15) is 8.78 Å². The maximum Gasteiger partial charge on any atom is 0.303 e. The van der Waals surface area contributed by atoms with Crippen molar-refractivity contribution in [3.8, 4) is 0 Å². The summed E-state index contributed by atoms with van der Waals surface area (Å²) in [5, 5.41) is 13.0. The minimum atomic E-state index is -3.84. The molecular weight excluding hydrogens is 457 g/mol. The van der Waals surface area contributed by atoms with Crippen LogP contribution in [0.5, 0.6) is 0 Å². The Kier molecular flexibility index (Phi) is 6.18. The fraction of sp³-hybridized carbons (Fsp3) is 0.409. The lowest BCUT2D eigenvalue weighted by molar-refractivity contribution is -0.170. The van der Waals surface area contributed by atoms with Crippen LogP contribution in [0.25, 0.3) is 10.9 Å². The average molecular weight is 483 g/mol. The number of aromatic nitrogens is 3. The van der Waals surface area contributed by atoms with Gasteiger partial charge in [-0.25, -0.2) is 27.8 Å². The molecule has 0 saturated heterocycles. The quantitative estimate of drug-likeness (QED) is 0.542. The van der Waals surface area contributed by atoms with Crippen molar-refractivity contribution in [1.29, 1.82) is 0 Å². The Bertz CT molecular complexity index is 1340. The van der Waals surface area contributed by atoms with E-state index in [0.717, 1.165) is 26.2 Å². The third-order valence-electron chi connectivity index (χ3n) is 5.28. The second-order valence-electron chi connectivity index (χ2n) is 8.54. The van der Waals surface area contributed by atoms with Gasteiger partial charge in [0.2, 0.25) is 0 Å². The van der Waals surface area contributed by atoms with Crippen LogP contribution in [0.15, 0.2) is 29.3 Å². The molecule has 0 aliphatic heterocycles. The molecule has 2 heterocycles.